The zero-order chi connectivity index (χ0) is 12.1. The molecule has 0 aliphatic rings. The Morgan fingerprint density at radius 2 is 1.50 bits per heavy atom. The molecule has 0 spiro atoms. The Labute approximate surface area is 104 Å². The van der Waals surface area contributed by atoms with Crippen LogP contribution in [0.5, 0.6) is 0 Å². The molecule has 1 unspecified atom stereocenters. The molecule has 0 saturated carbocycles. The molecule has 0 fully saturated rings. The highest BCUT2D eigenvalue weighted by molar-refractivity contribution is 4.80. The van der Waals surface area contributed by atoms with Crippen molar-refractivity contribution >= 4 is 0 Å². The van der Waals surface area contributed by atoms with Crippen molar-refractivity contribution in [2.75, 3.05) is 0 Å². The third kappa shape index (κ3) is 10.3. The Morgan fingerprint density at radius 1 is 0.750 bits per heavy atom. The quantitative estimate of drug-likeness (QED) is 0.293. The molecule has 0 saturated heterocycles. The molecular formula is C16H32. The Balaban J connectivity index is 3.24. The predicted molar refractivity (Wildman–Crippen MR) is 75.8 cm³/mol. The van der Waals surface area contributed by atoms with E-state index in [2.05, 4.69) is 32.9 Å². The zero-order valence-corrected chi connectivity index (χ0v) is 11.8. The molecule has 0 amide bonds. The summed E-state index contributed by atoms with van der Waals surface area (Å²) in [6.45, 7) is 6.89. The number of hydrogen-bond acceptors (Lipinski definition) is 0. The van der Waals surface area contributed by atoms with Crippen LogP contribution >= 0.6 is 0 Å². The summed E-state index contributed by atoms with van der Waals surface area (Å²) in [6.07, 6.45) is 18.4. The summed E-state index contributed by atoms with van der Waals surface area (Å²) in [5, 5.41) is 0. The Hall–Kier alpha value is -0.260. The average molecular weight is 224 g/mol. The van der Waals surface area contributed by atoms with E-state index in [0.717, 1.165) is 5.92 Å². The summed E-state index contributed by atoms with van der Waals surface area (Å²) in [5.41, 5.74) is 0. The van der Waals surface area contributed by atoms with Gasteiger partial charge in [-0.25, -0.2) is 0 Å². The third-order valence-electron chi connectivity index (χ3n) is 3.38. The van der Waals surface area contributed by atoms with Gasteiger partial charge in [-0.2, -0.15) is 0 Å². The van der Waals surface area contributed by atoms with Gasteiger partial charge in [-0.15, -0.1) is 0 Å². The van der Waals surface area contributed by atoms with Crippen LogP contribution in [-0.4, -0.2) is 0 Å². The second-order valence-electron chi connectivity index (χ2n) is 4.96. The van der Waals surface area contributed by atoms with Gasteiger partial charge in [-0.05, 0) is 25.2 Å². The van der Waals surface area contributed by atoms with E-state index in [1.807, 2.05) is 0 Å². The highest BCUT2D eigenvalue weighted by Crippen LogP contribution is 2.19. The van der Waals surface area contributed by atoms with Crippen LogP contribution in [-0.2, 0) is 0 Å². The van der Waals surface area contributed by atoms with Gasteiger partial charge in [0.05, 0.1) is 0 Å². The van der Waals surface area contributed by atoms with Gasteiger partial charge >= 0.3 is 0 Å². The van der Waals surface area contributed by atoms with E-state index in [1.54, 1.807) is 0 Å². The van der Waals surface area contributed by atoms with E-state index in [-0.39, 0.29) is 0 Å². The first-order chi connectivity index (χ1) is 7.85. The van der Waals surface area contributed by atoms with Crippen LogP contribution in [0.4, 0.5) is 0 Å². The molecule has 0 heteroatoms. The average Bonchev–Trinajstić information content (AvgIpc) is 2.31. The molecule has 0 aliphatic carbocycles. The summed E-state index contributed by atoms with van der Waals surface area (Å²) in [4.78, 5) is 0. The van der Waals surface area contributed by atoms with Crippen LogP contribution in [0.1, 0.15) is 85.0 Å². The van der Waals surface area contributed by atoms with Crippen molar-refractivity contribution in [1.82, 2.24) is 0 Å². The maximum Gasteiger partial charge on any atom is -0.0351 e. The second-order valence-corrected chi connectivity index (χ2v) is 4.96. The monoisotopic (exact) mass is 224 g/mol. The van der Waals surface area contributed by atoms with Crippen molar-refractivity contribution in [3.8, 4) is 0 Å². The lowest BCUT2D eigenvalue weighted by atomic mass is 9.94. The standard InChI is InChI=1S/C16H32/c1-4-7-8-9-10-11-12-13-15-16(6-3)14-5-2/h8-9,16H,4-7,10-15H2,1-3H3. The molecule has 0 heterocycles. The van der Waals surface area contributed by atoms with Gasteiger partial charge in [0.25, 0.3) is 0 Å². The molecule has 0 radical (unpaired) electrons. The molecule has 0 aromatic rings. The maximum atomic E-state index is 2.37. The minimum Gasteiger partial charge on any atom is -0.0885 e. The summed E-state index contributed by atoms with van der Waals surface area (Å²) < 4.78 is 0. The van der Waals surface area contributed by atoms with Gasteiger partial charge in [0.2, 0.25) is 0 Å². The van der Waals surface area contributed by atoms with Gasteiger partial charge in [-0.3, -0.25) is 0 Å². The number of unbranched alkanes of at least 4 members (excludes halogenated alkanes) is 4. The zero-order valence-electron chi connectivity index (χ0n) is 11.8. The van der Waals surface area contributed by atoms with E-state index in [0.29, 0.717) is 0 Å². The van der Waals surface area contributed by atoms with Crippen molar-refractivity contribution in [1.29, 1.82) is 0 Å². The van der Waals surface area contributed by atoms with Crippen molar-refractivity contribution in [3.05, 3.63) is 12.2 Å². The van der Waals surface area contributed by atoms with Crippen LogP contribution in [0.2, 0.25) is 0 Å². The normalized spacial score (nSPS) is 13.4. The first-order valence-corrected chi connectivity index (χ1v) is 7.50. The van der Waals surface area contributed by atoms with E-state index < -0.39 is 0 Å². The van der Waals surface area contributed by atoms with E-state index in [9.17, 15) is 0 Å². The number of hydrogen-bond donors (Lipinski definition) is 0. The molecule has 96 valence electrons. The van der Waals surface area contributed by atoms with E-state index in [4.69, 9.17) is 0 Å². The molecule has 0 nitrogen and oxygen atoms in total. The minimum atomic E-state index is 1.00. The van der Waals surface area contributed by atoms with Crippen LogP contribution in [0.3, 0.4) is 0 Å². The largest absolute Gasteiger partial charge is 0.0885 e. The smallest absolute Gasteiger partial charge is 0.0351 e. The highest BCUT2D eigenvalue weighted by atomic mass is 14.1. The molecule has 0 aliphatic heterocycles. The Kier molecular flexibility index (Phi) is 12.6. The van der Waals surface area contributed by atoms with Gasteiger partial charge in [-0.1, -0.05) is 77.9 Å². The molecule has 16 heavy (non-hydrogen) atoms. The fourth-order valence-corrected chi connectivity index (χ4v) is 2.24. The van der Waals surface area contributed by atoms with E-state index >= 15 is 0 Å². The first kappa shape index (κ1) is 15.7. The summed E-state index contributed by atoms with van der Waals surface area (Å²) in [5.74, 6) is 1.00. The van der Waals surface area contributed by atoms with Gasteiger partial charge in [0.1, 0.15) is 0 Å². The summed E-state index contributed by atoms with van der Waals surface area (Å²) in [6, 6.07) is 0. The lowest BCUT2D eigenvalue weighted by Gasteiger charge is -2.12. The highest BCUT2D eigenvalue weighted by Gasteiger charge is 2.03. The molecule has 1 atom stereocenters. The molecule has 0 aromatic heterocycles. The lowest BCUT2D eigenvalue weighted by Crippen LogP contribution is -1.97. The molecule has 0 aromatic carbocycles. The minimum absolute atomic E-state index is 1.00. The van der Waals surface area contributed by atoms with Crippen molar-refractivity contribution < 1.29 is 0 Å². The topological polar surface area (TPSA) is 0 Å². The molecule has 0 N–H and O–H groups in total. The van der Waals surface area contributed by atoms with Crippen LogP contribution in [0.25, 0.3) is 0 Å². The molecular weight excluding hydrogens is 192 g/mol. The van der Waals surface area contributed by atoms with Crippen molar-refractivity contribution in [2.45, 2.75) is 85.0 Å². The van der Waals surface area contributed by atoms with Crippen LogP contribution < -0.4 is 0 Å². The summed E-state index contributed by atoms with van der Waals surface area (Å²) >= 11 is 0. The molecule has 0 bridgehead atoms. The third-order valence-corrected chi connectivity index (χ3v) is 3.38. The summed E-state index contributed by atoms with van der Waals surface area (Å²) in [7, 11) is 0. The Bertz CT molecular complexity index is 146. The van der Waals surface area contributed by atoms with E-state index in [1.165, 1.54) is 64.2 Å². The lowest BCUT2D eigenvalue weighted by molar-refractivity contribution is 0.411. The number of rotatable bonds is 11. The van der Waals surface area contributed by atoms with Crippen molar-refractivity contribution in [3.63, 3.8) is 0 Å². The van der Waals surface area contributed by atoms with Gasteiger partial charge in [0.15, 0.2) is 0 Å². The van der Waals surface area contributed by atoms with Gasteiger partial charge < -0.3 is 0 Å². The second kappa shape index (κ2) is 12.8. The molecule has 0 rings (SSSR count). The first-order valence-electron chi connectivity index (χ1n) is 7.50. The SMILES string of the molecule is CCCC=CCCCCCC(CC)CCC. The Morgan fingerprint density at radius 3 is 2.12 bits per heavy atom. The fourth-order valence-electron chi connectivity index (χ4n) is 2.24. The maximum absolute atomic E-state index is 2.37. The van der Waals surface area contributed by atoms with Crippen molar-refractivity contribution in [2.24, 2.45) is 5.92 Å². The van der Waals surface area contributed by atoms with Gasteiger partial charge in [0, 0.05) is 0 Å². The van der Waals surface area contributed by atoms with Crippen LogP contribution in [0, 0.1) is 5.92 Å². The van der Waals surface area contributed by atoms with Crippen LogP contribution in [0.15, 0.2) is 12.2 Å². The fraction of sp³-hybridized carbons (Fsp3) is 0.875. The predicted octanol–water partition coefficient (Wildman–Crippen LogP) is 6.12. The number of allylic oxidation sites excluding steroid dienone is 2.